The van der Waals surface area contributed by atoms with Gasteiger partial charge in [-0.2, -0.15) is 5.26 Å². The van der Waals surface area contributed by atoms with E-state index < -0.39 is 0 Å². The molecule has 0 aliphatic heterocycles. The van der Waals surface area contributed by atoms with Crippen LogP contribution >= 0.6 is 0 Å². The fourth-order valence-electron chi connectivity index (χ4n) is 2.36. The molecule has 0 N–H and O–H groups in total. The Morgan fingerprint density at radius 2 is 1.55 bits per heavy atom. The van der Waals surface area contributed by atoms with E-state index in [1.807, 2.05) is 31.2 Å². The highest BCUT2D eigenvalue weighted by Gasteiger charge is 2.14. The van der Waals surface area contributed by atoms with Crippen LogP contribution in [0.3, 0.4) is 0 Å². The summed E-state index contributed by atoms with van der Waals surface area (Å²) in [4.78, 5) is 0. The predicted molar refractivity (Wildman–Crippen MR) is 85.2 cm³/mol. The van der Waals surface area contributed by atoms with Crippen molar-refractivity contribution in [1.82, 2.24) is 15.0 Å². The normalized spacial score (nSPS) is 10.4. The Bertz CT molecular complexity index is 821. The first kappa shape index (κ1) is 14.0. The third-order valence-corrected chi connectivity index (χ3v) is 3.62. The predicted octanol–water partition coefficient (Wildman–Crippen LogP) is 3.48. The van der Waals surface area contributed by atoms with Crippen LogP contribution < -0.4 is 0 Å². The van der Waals surface area contributed by atoms with Gasteiger partial charge in [-0.25, -0.2) is 4.68 Å². The fraction of sp³-hybridized carbons (Fsp3) is 0.167. The Kier molecular flexibility index (Phi) is 3.71. The largest absolute Gasteiger partial charge is 0.239 e. The van der Waals surface area contributed by atoms with E-state index in [-0.39, 0.29) is 0 Å². The molecule has 0 bridgehead atoms. The van der Waals surface area contributed by atoms with Gasteiger partial charge in [0.25, 0.3) is 0 Å². The van der Waals surface area contributed by atoms with Crippen molar-refractivity contribution < 1.29 is 0 Å². The van der Waals surface area contributed by atoms with Crippen molar-refractivity contribution in [3.63, 3.8) is 0 Å². The second-order valence-corrected chi connectivity index (χ2v) is 5.41. The van der Waals surface area contributed by atoms with Crippen LogP contribution in [0.5, 0.6) is 0 Å². The van der Waals surface area contributed by atoms with Gasteiger partial charge in [-0.3, -0.25) is 0 Å². The molecule has 0 unspecified atom stereocenters. The van der Waals surface area contributed by atoms with Crippen molar-refractivity contribution in [3.05, 3.63) is 70.9 Å². The molecule has 0 fully saturated rings. The van der Waals surface area contributed by atoms with Gasteiger partial charge in [0.05, 0.1) is 6.54 Å². The van der Waals surface area contributed by atoms with Gasteiger partial charge in [-0.15, -0.1) is 5.10 Å². The quantitative estimate of drug-likeness (QED) is 0.741. The second-order valence-electron chi connectivity index (χ2n) is 5.41. The van der Waals surface area contributed by atoms with Gasteiger partial charge in [0, 0.05) is 5.56 Å². The number of aromatic nitrogens is 3. The van der Waals surface area contributed by atoms with Crippen LogP contribution in [0.1, 0.15) is 22.4 Å². The average molecular weight is 288 g/mol. The molecular formula is C18H16N4. The maximum absolute atomic E-state index is 9.28. The summed E-state index contributed by atoms with van der Waals surface area (Å²) in [5.74, 6) is 0. The molecule has 0 aliphatic carbocycles. The molecule has 4 heteroatoms. The summed E-state index contributed by atoms with van der Waals surface area (Å²) in [6.07, 6.45) is 0. The van der Waals surface area contributed by atoms with E-state index in [1.54, 1.807) is 4.68 Å². The Labute approximate surface area is 129 Å². The summed E-state index contributed by atoms with van der Waals surface area (Å²) in [5, 5.41) is 17.4. The molecular weight excluding hydrogens is 272 g/mol. The lowest BCUT2D eigenvalue weighted by Crippen LogP contribution is -2.04. The first-order valence-electron chi connectivity index (χ1n) is 7.13. The fourth-order valence-corrected chi connectivity index (χ4v) is 2.36. The zero-order valence-electron chi connectivity index (χ0n) is 12.6. The smallest absolute Gasteiger partial charge is 0.190 e. The third-order valence-electron chi connectivity index (χ3n) is 3.62. The van der Waals surface area contributed by atoms with Crippen molar-refractivity contribution in [2.24, 2.45) is 0 Å². The van der Waals surface area contributed by atoms with Gasteiger partial charge in [0.2, 0.25) is 0 Å². The number of rotatable bonds is 3. The molecule has 108 valence electrons. The highest BCUT2D eigenvalue weighted by Crippen LogP contribution is 2.23. The number of aryl methyl sites for hydroxylation is 2. The Hall–Kier alpha value is -2.93. The van der Waals surface area contributed by atoms with Crippen molar-refractivity contribution in [3.8, 4) is 17.3 Å². The molecule has 1 aromatic heterocycles. The Morgan fingerprint density at radius 3 is 2.14 bits per heavy atom. The maximum atomic E-state index is 9.28. The highest BCUT2D eigenvalue weighted by atomic mass is 15.4. The van der Waals surface area contributed by atoms with Gasteiger partial charge in [0.1, 0.15) is 11.8 Å². The Balaban J connectivity index is 2.02. The van der Waals surface area contributed by atoms with Crippen LogP contribution in [0.15, 0.2) is 48.5 Å². The number of hydrogen-bond acceptors (Lipinski definition) is 3. The molecule has 0 amide bonds. The van der Waals surface area contributed by atoms with E-state index in [1.165, 1.54) is 11.1 Å². The standard InChI is InChI=1S/C18H16N4/c1-13-3-7-15(8-4-13)12-22-18(17(11-19)20-21-22)16-9-5-14(2)6-10-16/h3-10H,12H2,1-2H3. The lowest BCUT2D eigenvalue weighted by molar-refractivity contribution is 0.655. The zero-order valence-corrected chi connectivity index (χ0v) is 12.6. The van der Waals surface area contributed by atoms with Crippen LogP contribution in [0, 0.1) is 25.2 Å². The maximum Gasteiger partial charge on any atom is 0.190 e. The van der Waals surface area contributed by atoms with Crippen LogP contribution in [-0.4, -0.2) is 15.0 Å². The summed E-state index contributed by atoms with van der Waals surface area (Å²) < 4.78 is 1.79. The van der Waals surface area contributed by atoms with Crippen molar-refractivity contribution in [2.75, 3.05) is 0 Å². The van der Waals surface area contributed by atoms with Gasteiger partial charge < -0.3 is 0 Å². The van der Waals surface area contributed by atoms with E-state index in [0.29, 0.717) is 12.2 Å². The Morgan fingerprint density at radius 1 is 0.955 bits per heavy atom. The van der Waals surface area contributed by atoms with E-state index in [4.69, 9.17) is 0 Å². The molecule has 1 heterocycles. The zero-order chi connectivity index (χ0) is 15.5. The van der Waals surface area contributed by atoms with Gasteiger partial charge in [-0.1, -0.05) is 64.9 Å². The number of nitriles is 1. The minimum Gasteiger partial charge on any atom is -0.239 e. The summed E-state index contributed by atoms with van der Waals surface area (Å²) >= 11 is 0. The van der Waals surface area contributed by atoms with Crippen LogP contribution in [0.2, 0.25) is 0 Å². The topological polar surface area (TPSA) is 54.5 Å². The summed E-state index contributed by atoms with van der Waals surface area (Å²) in [5.41, 5.74) is 5.62. The van der Waals surface area contributed by atoms with Crippen molar-refractivity contribution >= 4 is 0 Å². The van der Waals surface area contributed by atoms with Gasteiger partial charge >= 0.3 is 0 Å². The van der Waals surface area contributed by atoms with E-state index in [0.717, 1.165) is 16.8 Å². The summed E-state index contributed by atoms with van der Waals surface area (Å²) in [6.45, 7) is 4.69. The third kappa shape index (κ3) is 2.75. The average Bonchev–Trinajstić information content (AvgIpc) is 2.93. The molecule has 0 atom stereocenters. The lowest BCUT2D eigenvalue weighted by atomic mass is 10.1. The molecule has 4 nitrogen and oxygen atoms in total. The number of nitrogens with zero attached hydrogens (tertiary/aromatic N) is 4. The molecule has 3 aromatic rings. The molecule has 0 saturated carbocycles. The first-order chi connectivity index (χ1) is 10.7. The molecule has 0 radical (unpaired) electrons. The number of hydrogen-bond donors (Lipinski definition) is 0. The molecule has 22 heavy (non-hydrogen) atoms. The highest BCUT2D eigenvalue weighted by molar-refractivity contribution is 5.65. The van der Waals surface area contributed by atoms with Crippen LogP contribution in [0.4, 0.5) is 0 Å². The molecule has 0 aliphatic rings. The minimum atomic E-state index is 0.357. The van der Waals surface area contributed by atoms with Crippen LogP contribution in [-0.2, 0) is 6.54 Å². The van der Waals surface area contributed by atoms with Gasteiger partial charge in [0.15, 0.2) is 5.69 Å². The van der Waals surface area contributed by atoms with E-state index in [9.17, 15) is 5.26 Å². The first-order valence-corrected chi connectivity index (χ1v) is 7.13. The molecule has 0 spiro atoms. The number of benzene rings is 2. The van der Waals surface area contributed by atoms with Gasteiger partial charge in [-0.05, 0) is 19.4 Å². The van der Waals surface area contributed by atoms with Crippen LogP contribution in [0.25, 0.3) is 11.3 Å². The molecule has 2 aromatic carbocycles. The van der Waals surface area contributed by atoms with Crippen molar-refractivity contribution in [1.29, 1.82) is 5.26 Å². The monoisotopic (exact) mass is 288 g/mol. The minimum absolute atomic E-state index is 0.357. The molecule has 3 rings (SSSR count). The second kappa shape index (κ2) is 5.82. The molecule has 0 saturated heterocycles. The lowest BCUT2D eigenvalue weighted by Gasteiger charge is -2.07. The van der Waals surface area contributed by atoms with E-state index in [2.05, 4.69) is 47.6 Å². The summed E-state index contributed by atoms with van der Waals surface area (Å²) in [6, 6.07) is 18.5. The SMILES string of the molecule is Cc1ccc(Cn2nnc(C#N)c2-c2ccc(C)cc2)cc1. The summed E-state index contributed by atoms with van der Waals surface area (Å²) in [7, 11) is 0. The van der Waals surface area contributed by atoms with E-state index >= 15 is 0 Å². The van der Waals surface area contributed by atoms with Crippen molar-refractivity contribution in [2.45, 2.75) is 20.4 Å².